The monoisotopic (exact) mass is 207 g/mol. The normalized spacial score (nSPS) is 17.1. The molecule has 1 fully saturated rings. The van der Waals surface area contributed by atoms with Crippen molar-refractivity contribution in [2.45, 2.75) is 18.4 Å². The van der Waals surface area contributed by atoms with Gasteiger partial charge in [-0.3, -0.25) is 10.1 Å². The van der Waals surface area contributed by atoms with E-state index in [1.54, 1.807) is 0 Å². The van der Waals surface area contributed by atoms with Crippen molar-refractivity contribution in [3.63, 3.8) is 0 Å². The zero-order valence-electron chi connectivity index (χ0n) is 8.27. The first-order valence-electron chi connectivity index (χ1n) is 4.89. The summed E-state index contributed by atoms with van der Waals surface area (Å²) in [5, 5.41) is 11.8. The van der Waals surface area contributed by atoms with Crippen LogP contribution in [0.3, 0.4) is 0 Å². The van der Waals surface area contributed by atoms with Gasteiger partial charge in [0.15, 0.2) is 0 Å². The first-order chi connectivity index (χ1) is 7.23. The summed E-state index contributed by atoms with van der Waals surface area (Å²) in [5.41, 5.74) is -0.727. The van der Waals surface area contributed by atoms with Gasteiger partial charge in [0.1, 0.15) is 18.0 Å². The minimum absolute atomic E-state index is 0.232. The molecule has 2 rings (SSSR count). The van der Waals surface area contributed by atoms with Crippen molar-refractivity contribution in [3.8, 4) is 5.75 Å². The number of aliphatic carboxylic acids is 1. The maximum absolute atomic E-state index is 10.8. The molecule has 0 saturated heterocycles. The zero-order valence-corrected chi connectivity index (χ0v) is 8.27. The van der Waals surface area contributed by atoms with Crippen molar-refractivity contribution in [2.24, 2.45) is 0 Å². The SMILES string of the molecule is O=C(O)C1(NCOc2ccccc2)CC1. The maximum atomic E-state index is 10.8. The number of hydrogen-bond acceptors (Lipinski definition) is 3. The van der Waals surface area contributed by atoms with E-state index in [2.05, 4.69) is 5.32 Å². The molecule has 4 heteroatoms. The van der Waals surface area contributed by atoms with Crippen LogP contribution in [0.5, 0.6) is 5.75 Å². The first kappa shape index (κ1) is 9.98. The van der Waals surface area contributed by atoms with Crippen molar-refractivity contribution in [3.05, 3.63) is 30.3 Å². The van der Waals surface area contributed by atoms with Gasteiger partial charge in [0.05, 0.1) is 0 Å². The fourth-order valence-corrected chi connectivity index (χ4v) is 1.37. The van der Waals surface area contributed by atoms with Crippen LogP contribution in [-0.4, -0.2) is 23.3 Å². The molecule has 0 aromatic heterocycles. The number of benzene rings is 1. The number of carbonyl (C=O) groups is 1. The summed E-state index contributed by atoms with van der Waals surface area (Å²) in [6, 6.07) is 9.32. The standard InChI is InChI=1S/C11H13NO3/c13-10(14)11(6-7-11)12-8-15-9-4-2-1-3-5-9/h1-5,12H,6-8H2,(H,13,14). The van der Waals surface area contributed by atoms with Crippen molar-refractivity contribution in [1.29, 1.82) is 0 Å². The molecule has 0 amide bonds. The molecule has 0 heterocycles. The Bertz CT molecular complexity index is 346. The Balaban J connectivity index is 1.79. The molecule has 4 nitrogen and oxygen atoms in total. The van der Waals surface area contributed by atoms with Crippen molar-refractivity contribution >= 4 is 5.97 Å². The van der Waals surface area contributed by atoms with E-state index in [1.165, 1.54) is 0 Å². The second-order valence-electron chi connectivity index (χ2n) is 3.67. The lowest BCUT2D eigenvalue weighted by atomic mass is 10.3. The van der Waals surface area contributed by atoms with Gasteiger partial charge in [-0.1, -0.05) is 18.2 Å². The molecule has 1 saturated carbocycles. The molecular formula is C11H13NO3. The summed E-state index contributed by atoms with van der Waals surface area (Å²) in [6.45, 7) is 0.232. The first-order valence-corrected chi connectivity index (χ1v) is 4.89. The Kier molecular flexibility index (Phi) is 2.60. The van der Waals surface area contributed by atoms with E-state index in [0.717, 1.165) is 5.75 Å². The van der Waals surface area contributed by atoms with E-state index in [9.17, 15) is 4.79 Å². The van der Waals surface area contributed by atoms with E-state index in [4.69, 9.17) is 9.84 Å². The van der Waals surface area contributed by atoms with Gasteiger partial charge in [-0.25, -0.2) is 0 Å². The van der Waals surface area contributed by atoms with Gasteiger partial charge in [-0.2, -0.15) is 0 Å². The highest BCUT2D eigenvalue weighted by atomic mass is 16.5. The predicted octanol–water partition coefficient (Wildman–Crippen LogP) is 1.23. The third-order valence-corrected chi connectivity index (χ3v) is 2.55. The predicted molar refractivity (Wildman–Crippen MR) is 54.7 cm³/mol. The highest BCUT2D eigenvalue weighted by Crippen LogP contribution is 2.35. The van der Waals surface area contributed by atoms with Crippen molar-refractivity contribution < 1.29 is 14.6 Å². The van der Waals surface area contributed by atoms with Gasteiger partial charge >= 0.3 is 5.97 Å². The molecule has 1 aromatic carbocycles. The topological polar surface area (TPSA) is 58.6 Å². The van der Waals surface area contributed by atoms with Gasteiger partial charge in [0.25, 0.3) is 0 Å². The molecule has 0 spiro atoms. The van der Waals surface area contributed by atoms with Crippen molar-refractivity contribution in [2.75, 3.05) is 6.73 Å². The highest BCUT2D eigenvalue weighted by Gasteiger charge is 2.50. The second-order valence-corrected chi connectivity index (χ2v) is 3.67. The third kappa shape index (κ3) is 2.27. The Hall–Kier alpha value is -1.55. The summed E-state index contributed by atoms with van der Waals surface area (Å²) < 4.78 is 5.36. The van der Waals surface area contributed by atoms with E-state index in [1.807, 2.05) is 30.3 Å². The number of carboxylic acids is 1. The number of nitrogens with one attached hydrogen (secondary N) is 1. The average Bonchev–Trinajstić information content (AvgIpc) is 3.01. The zero-order chi connectivity index (χ0) is 10.7. The number of rotatable bonds is 5. The van der Waals surface area contributed by atoms with Gasteiger partial charge in [0.2, 0.25) is 0 Å². The van der Waals surface area contributed by atoms with Crippen LogP contribution >= 0.6 is 0 Å². The summed E-state index contributed by atoms with van der Waals surface area (Å²) >= 11 is 0. The lowest BCUT2D eigenvalue weighted by molar-refractivity contribution is -0.141. The van der Waals surface area contributed by atoms with Gasteiger partial charge in [-0.15, -0.1) is 0 Å². The molecule has 15 heavy (non-hydrogen) atoms. The fraction of sp³-hybridized carbons (Fsp3) is 0.364. The largest absolute Gasteiger partial charge is 0.480 e. The van der Waals surface area contributed by atoms with Crippen molar-refractivity contribution in [1.82, 2.24) is 5.32 Å². The molecule has 1 aliphatic carbocycles. The number of hydrogen-bond donors (Lipinski definition) is 2. The Morgan fingerprint density at radius 1 is 1.40 bits per heavy atom. The summed E-state index contributed by atoms with van der Waals surface area (Å²) in [5.74, 6) is -0.0506. The fourth-order valence-electron chi connectivity index (χ4n) is 1.37. The summed E-state index contributed by atoms with van der Waals surface area (Å²) in [6.07, 6.45) is 1.36. The molecule has 80 valence electrons. The lowest BCUT2D eigenvalue weighted by Gasteiger charge is -2.13. The molecular weight excluding hydrogens is 194 g/mol. The van der Waals surface area contributed by atoms with E-state index < -0.39 is 11.5 Å². The maximum Gasteiger partial charge on any atom is 0.324 e. The number of carboxylic acid groups (broad SMARTS) is 1. The highest BCUT2D eigenvalue weighted by molar-refractivity contribution is 5.82. The van der Waals surface area contributed by atoms with Crippen LogP contribution in [0.2, 0.25) is 0 Å². The minimum Gasteiger partial charge on any atom is -0.480 e. The number of ether oxygens (including phenoxy) is 1. The van der Waals surface area contributed by atoms with Crippen LogP contribution in [0.25, 0.3) is 0 Å². The Morgan fingerprint density at radius 2 is 2.07 bits per heavy atom. The Labute approximate surface area is 87.9 Å². The lowest BCUT2D eigenvalue weighted by Crippen LogP contribution is -2.41. The molecule has 0 bridgehead atoms. The van der Waals surface area contributed by atoms with Crippen LogP contribution in [0, 0.1) is 0 Å². The smallest absolute Gasteiger partial charge is 0.324 e. The second kappa shape index (κ2) is 3.90. The van der Waals surface area contributed by atoms with E-state index in [0.29, 0.717) is 12.8 Å². The number of para-hydroxylation sites is 1. The average molecular weight is 207 g/mol. The molecule has 1 aliphatic rings. The molecule has 2 N–H and O–H groups in total. The minimum atomic E-state index is -0.792. The van der Waals surface area contributed by atoms with Crippen LogP contribution in [0.15, 0.2) is 30.3 Å². The third-order valence-electron chi connectivity index (χ3n) is 2.55. The molecule has 0 radical (unpaired) electrons. The van der Waals surface area contributed by atoms with Crippen LogP contribution in [0.4, 0.5) is 0 Å². The van der Waals surface area contributed by atoms with Gasteiger partial charge in [-0.05, 0) is 25.0 Å². The quantitative estimate of drug-likeness (QED) is 0.713. The summed E-state index contributed by atoms with van der Waals surface area (Å²) in [4.78, 5) is 10.8. The van der Waals surface area contributed by atoms with Crippen LogP contribution in [0.1, 0.15) is 12.8 Å². The molecule has 0 unspecified atom stereocenters. The van der Waals surface area contributed by atoms with Crippen LogP contribution < -0.4 is 10.1 Å². The van der Waals surface area contributed by atoms with Crippen LogP contribution in [-0.2, 0) is 4.79 Å². The molecule has 1 aromatic rings. The Morgan fingerprint density at radius 3 is 2.60 bits per heavy atom. The van der Waals surface area contributed by atoms with E-state index >= 15 is 0 Å². The summed E-state index contributed by atoms with van der Waals surface area (Å²) in [7, 11) is 0. The van der Waals surface area contributed by atoms with E-state index in [-0.39, 0.29) is 6.73 Å². The molecule has 0 atom stereocenters. The molecule has 0 aliphatic heterocycles. The van der Waals surface area contributed by atoms with Gasteiger partial charge < -0.3 is 9.84 Å². The van der Waals surface area contributed by atoms with Gasteiger partial charge in [0, 0.05) is 0 Å².